The van der Waals surface area contributed by atoms with Crippen molar-refractivity contribution in [3.05, 3.63) is 16.1 Å². The number of pyridine rings is 1. The lowest BCUT2D eigenvalue weighted by Gasteiger charge is -2.15. The van der Waals surface area contributed by atoms with Crippen LogP contribution in [-0.2, 0) is 0 Å². The standard InChI is InChI=1S/C12H18Cl2N2O/c1-4-6-15-11-9(13)7-10(14)12(16-11)17-8(3)5-2/h7-8H,4-6H2,1-3H3,(H,15,16). The number of rotatable bonds is 6. The average Bonchev–Trinajstić information content (AvgIpc) is 2.30. The van der Waals surface area contributed by atoms with Crippen molar-refractivity contribution in [2.45, 2.75) is 39.7 Å². The molecule has 1 aromatic heterocycles. The van der Waals surface area contributed by atoms with E-state index in [1.807, 2.05) is 13.8 Å². The van der Waals surface area contributed by atoms with E-state index in [0.29, 0.717) is 21.7 Å². The second-order valence-corrected chi connectivity index (χ2v) is 4.68. The van der Waals surface area contributed by atoms with Gasteiger partial charge in [-0.25, -0.2) is 0 Å². The van der Waals surface area contributed by atoms with E-state index in [2.05, 4.69) is 17.2 Å². The molecule has 17 heavy (non-hydrogen) atoms. The van der Waals surface area contributed by atoms with Gasteiger partial charge in [-0.05, 0) is 25.8 Å². The van der Waals surface area contributed by atoms with Crippen LogP contribution >= 0.6 is 23.2 Å². The summed E-state index contributed by atoms with van der Waals surface area (Å²) < 4.78 is 5.63. The highest BCUT2D eigenvalue weighted by Crippen LogP contribution is 2.31. The Morgan fingerprint density at radius 2 is 2.06 bits per heavy atom. The molecule has 0 aromatic carbocycles. The third-order valence-electron chi connectivity index (χ3n) is 2.33. The summed E-state index contributed by atoms with van der Waals surface area (Å²) in [5.41, 5.74) is 0. The molecule has 1 heterocycles. The Bertz CT molecular complexity index is 372. The second-order valence-electron chi connectivity index (χ2n) is 3.87. The summed E-state index contributed by atoms with van der Waals surface area (Å²) in [5.74, 6) is 1.06. The molecular formula is C12H18Cl2N2O. The van der Waals surface area contributed by atoms with E-state index < -0.39 is 0 Å². The highest BCUT2D eigenvalue weighted by molar-refractivity contribution is 6.36. The zero-order chi connectivity index (χ0) is 12.8. The molecule has 1 atom stereocenters. The van der Waals surface area contributed by atoms with Crippen LogP contribution in [0.2, 0.25) is 10.0 Å². The van der Waals surface area contributed by atoms with Crippen LogP contribution in [0.4, 0.5) is 5.82 Å². The molecule has 0 aliphatic rings. The Balaban J connectivity index is 2.89. The van der Waals surface area contributed by atoms with Gasteiger partial charge in [0.25, 0.3) is 0 Å². The lowest BCUT2D eigenvalue weighted by Crippen LogP contribution is -2.12. The Morgan fingerprint density at radius 3 is 2.65 bits per heavy atom. The predicted octanol–water partition coefficient (Wildman–Crippen LogP) is 4.39. The quantitative estimate of drug-likeness (QED) is 0.837. The van der Waals surface area contributed by atoms with E-state index >= 15 is 0 Å². The third-order valence-corrected chi connectivity index (χ3v) is 2.89. The van der Waals surface area contributed by atoms with Crippen LogP contribution in [0.15, 0.2) is 6.07 Å². The van der Waals surface area contributed by atoms with Gasteiger partial charge in [-0.2, -0.15) is 4.98 Å². The highest BCUT2D eigenvalue weighted by Gasteiger charge is 2.12. The highest BCUT2D eigenvalue weighted by atomic mass is 35.5. The van der Waals surface area contributed by atoms with Crippen molar-refractivity contribution in [2.75, 3.05) is 11.9 Å². The van der Waals surface area contributed by atoms with Gasteiger partial charge in [0, 0.05) is 6.54 Å². The molecule has 0 aliphatic heterocycles. The molecule has 0 spiro atoms. The van der Waals surface area contributed by atoms with Crippen molar-refractivity contribution in [1.82, 2.24) is 4.98 Å². The van der Waals surface area contributed by atoms with Gasteiger partial charge < -0.3 is 10.1 Å². The zero-order valence-electron chi connectivity index (χ0n) is 10.4. The van der Waals surface area contributed by atoms with Crippen LogP contribution in [0.25, 0.3) is 0 Å². The minimum absolute atomic E-state index is 0.0835. The monoisotopic (exact) mass is 276 g/mol. The summed E-state index contributed by atoms with van der Waals surface area (Å²) in [6, 6.07) is 1.66. The number of hydrogen-bond donors (Lipinski definition) is 1. The van der Waals surface area contributed by atoms with E-state index in [0.717, 1.165) is 19.4 Å². The van der Waals surface area contributed by atoms with Crippen LogP contribution in [0.5, 0.6) is 5.88 Å². The van der Waals surface area contributed by atoms with Crippen LogP contribution in [0, 0.1) is 0 Å². The van der Waals surface area contributed by atoms with E-state index in [4.69, 9.17) is 27.9 Å². The summed E-state index contributed by atoms with van der Waals surface area (Å²) in [6.45, 7) is 6.92. The molecule has 0 radical (unpaired) electrons. The van der Waals surface area contributed by atoms with Gasteiger partial charge >= 0.3 is 0 Å². The summed E-state index contributed by atoms with van der Waals surface area (Å²) in [7, 11) is 0. The van der Waals surface area contributed by atoms with Crippen molar-refractivity contribution < 1.29 is 4.74 Å². The molecule has 96 valence electrons. The van der Waals surface area contributed by atoms with Crippen LogP contribution in [-0.4, -0.2) is 17.6 Å². The minimum atomic E-state index is 0.0835. The van der Waals surface area contributed by atoms with Crippen molar-refractivity contribution in [3.8, 4) is 5.88 Å². The summed E-state index contributed by atoms with van der Waals surface area (Å²) >= 11 is 12.1. The maximum absolute atomic E-state index is 6.04. The maximum Gasteiger partial charge on any atom is 0.234 e. The zero-order valence-corrected chi connectivity index (χ0v) is 11.9. The summed E-state index contributed by atoms with van der Waals surface area (Å²) in [6.07, 6.45) is 1.99. The molecule has 1 rings (SSSR count). The maximum atomic E-state index is 6.04. The Morgan fingerprint density at radius 1 is 1.35 bits per heavy atom. The van der Waals surface area contributed by atoms with Crippen molar-refractivity contribution in [3.63, 3.8) is 0 Å². The molecule has 0 saturated carbocycles. The molecule has 1 aromatic rings. The van der Waals surface area contributed by atoms with Gasteiger partial charge in [0.1, 0.15) is 10.8 Å². The minimum Gasteiger partial charge on any atom is -0.474 e. The number of halogens is 2. The number of aromatic nitrogens is 1. The van der Waals surface area contributed by atoms with Gasteiger partial charge in [-0.1, -0.05) is 37.0 Å². The first kappa shape index (κ1) is 14.4. The van der Waals surface area contributed by atoms with E-state index in [1.54, 1.807) is 6.07 Å². The molecule has 0 saturated heterocycles. The first-order valence-corrected chi connectivity index (χ1v) is 6.60. The molecule has 0 fully saturated rings. The number of hydrogen-bond acceptors (Lipinski definition) is 3. The molecule has 1 unspecified atom stereocenters. The van der Waals surface area contributed by atoms with Gasteiger partial charge in [0.2, 0.25) is 5.88 Å². The molecule has 0 aliphatic carbocycles. The first-order valence-electron chi connectivity index (χ1n) is 5.85. The van der Waals surface area contributed by atoms with Crippen LogP contribution in [0.1, 0.15) is 33.6 Å². The van der Waals surface area contributed by atoms with Gasteiger partial charge in [-0.3, -0.25) is 0 Å². The molecule has 0 bridgehead atoms. The summed E-state index contributed by atoms with van der Waals surface area (Å²) in [5, 5.41) is 4.10. The lowest BCUT2D eigenvalue weighted by molar-refractivity contribution is 0.209. The molecule has 3 nitrogen and oxygen atoms in total. The van der Waals surface area contributed by atoms with Crippen LogP contribution < -0.4 is 10.1 Å². The van der Waals surface area contributed by atoms with Crippen molar-refractivity contribution in [1.29, 1.82) is 0 Å². The number of nitrogens with one attached hydrogen (secondary N) is 1. The fraction of sp³-hybridized carbons (Fsp3) is 0.583. The smallest absolute Gasteiger partial charge is 0.234 e. The van der Waals surface area contributed by atoms with E-state index in [-0.39, 0.29) is 6.10 Å². The van der Waals surface area contributed by atoms with Crippen molar-refractivity contribution in [2.24, 2.45) is 0 Å². The molecule has 5 heteroatoms. The molecule has 0 amide bonds. The summed E-state index contributed by atoms with van der Waals surface area (Å²) in [4.78, 5) is 4.30. The normalized spacial score (nSPS) is 12.3. The Kier molecular flexibility index (Phi) is 5.86. The third kappa shape index (κ3) is 4.25. The average molecular weight is 277 g/mol. The fourth-order valence-corrected chi connectivity index (χ4v) is 1.64. The van der Waals surface area contributed by atoms with Gasteiger partial charge in [0.05, 0.1) is 11.1 Å². The largest absolute Gasteiger partial charge is 0.474 e. The number of ether oxygens (including phenoxy) is 1. The van der Waals surface area contributed by atoms with Crippen molar-refractivity contribution >= 4 is 29.0 Å². The predicted molar refractivity (Wildman–Crippen MR) is 73.4 cm³/mol. The topological polar surface area (TPSA) is 34.2 Å². The Hall–Kier alpha value is -0.670. The van der Waals surface area contributed by atoms with E-state index in [1.165, 1.54) is 0 Å². The first-order chi connectivity index (χ1) is 8.08. The SMILES string of the molecule is CCCNc1nc(OC(C)CC)c(Cl)cc1Cl. The lowest BCUT2D eigenvalue weighted by atomic mass is 10.3. The molecule has 1 N–H and O–H groups in total. The second kappa shape index (κ2) is 6.92. The Labute approximate surface area is 112 Å². The fourth-order valence-electron chi connectivity index (χ4n) is 1.17. The molecular weight excluding hydrogens is 259 g/mol. The van der Waals surface area contributed by atoms with Gasteiger partial charge in [0.15, 0.2) is 0 Å². The number of nitrogens with zero attached hydrogens (tertiary/aromatic N) is 1. The number of anilines is 1. The van der Waals surface area contributed by atoms with Gasteiger partial charge in [-0.15, -0.1) is 0 Å². The van der Waals surface area contributed by atoms with E-state index in [9.17, 15) is 0 Å². The van der Waals surface area contributed by atoms with Crippen LogP contribution in [0.3, 0.4) is 0 Å².